The zero-order valence-corrected chi connectivity index (χ0v) is 13.6. The molecule has 0 spiro atoms. The van der Waals surface area contributed by atoms with E-state index in [-0.39, 0.29) is 5.91 Å². The topological polar surface area (TPSA) is 32.3 Å². The second kappa shape index (κ2) is 7.76. The van der Waals surface area contributed by atoms with E-state index in [4.69, 9.17) is 0 Å². The summed E-state index contributed by atoms with van der Waals surface area (Å²) in [5, 5.41) is 2.99. The first kappa shape index (κ1) is 16.2. The van der Waals surface area contributed by atoms with Gasteiger partial charge in [-0.25, -0.2) is 0 Å². The molecule has 0 unspecified atom stereocenters. The van der Waals surface area contributed by atoms with Gasteiger partial charge in [0.15, 0.2) is 0 Å². The van der Waals surface area contributed by atoms with E-state index in [0.29, 0.717) is 13.0 Å². The molecule has 0 aliphatic rings. The highest BCUT2D eigenvalue weighted by molar-refractivity contribution is 5.78. The maximum Gasteiger partial charge on any atom is 0.224 e. The standard InChI is InChI=1S/C19H24N2O/c1-15-6-4-5-7-18(15)12-19(22)20-13-16-8-10-17(11-9-16)14-21(2)3/h4-11H,12-14H2,1-3H3,(H,20,22). The predicted octanol–water partition coefficient (Wildman–Crippen LogP) is 2.92. The van der Waals surface area contributed by atoms with Crippen LogP contribution in [0.4, 0.5) is 0 Å². The van der Waals surface area contributed by atoms with E-state index in [2.05, 4.69) is 48.6 Å². The van der Waals surface area contributed by atoms with Gasteiger partial charge >= 0.3 is 0 Å². The molecule has 0 atom stereocenters. The van der Waals surface area contributed by atoms with Crippen molar-refractivity contribution in [2.24, 2.45) is 0 Å². The number of amides is 1. The van der Waals surface area contributed by atoms with Crippen molar-refractivity contribution in [1.29, 1.82) is 0 Å². The fraction of sp³-hybridized carbons (Fsp3) is 0.316. The molecule has 0 aliphatic carbocycles. The first-order valence-corrected chi connectivity index (χ1v) is 7.58. The minimum absolute atomic E-state index is 0.0617. The Balaban J connectivity index is 1.85. The number of nitrogens with zero attached hydrogens (tertiary/aromatic N) is 1. The van der Waals surface area contributed by atoms with Crippen LogP contribution in [0.2, 0.25) is 0 Å². The number of nitrogens with one attached hydrogen (secondary N) is 1. The van der Waals surface area contributed by atoms with Crippen LogP contribution in [0, 0.1) is 6.92 Å². The Bertz CT molecular complexity index is 618. The summed E-state index contributed by atoms with van der Waals surface area (Å²) in [5.41, 5.74) is 4.65. The molecule has 22 heavy (non-hydrogen) atoms. The molecule has 1 N–H and O–H groups in total. The van der Waals surface area contributed by atoms with Gasteiger partial charge in [-0.15, -0.1) is 0 Å². The molecule has 1 amide bonds. The highest BCUT2D eigenvalue weighted by Crippen LogP contribution is 2.08. The second-order valence-corrected chi connectivity index (χ2v) is 5.93. The molecule has 3 nitrogen and oxygen atoms in total. The number of hydrogen-bond acceptors (Lipinski definition) is 2. The quantitative estimate of drug-likeness (QED) is 0.889. The molecule has 0 heterocycles. The zero-order chi connectivity index (χ0) is 15.9. The van der Waals surface area contributed by atoms with Crippen molar-refractivity contribution in [2.45, 2.75) is 26.4 Å². The average Bonchev–Trinajstić information content (AvgIpc) is 2.48. The van der Waals surface area contributed by atoms with Crippen molar-refractivity contribution >= 4 is 5.91 Å². The second-order valence-electron chi connectivity index (χ2n) is 5.93. The predicted molar refractivity (Wildman–Crippen MR) is 90.6 cm³/mol. The molecular weight excluding hydrogens is 272 g/mol. The summed E-state index contributed by atoms with van der Waals surface area (Å²) in [6.45, 7) is 3.54. The van der Waals surface area contributed by atoms with E-state index in [1.807, 2.05) is 31.2 Å². The molecule has 3 heteroatoms. The summed E-state index contributed by atoms with van der Waals surface area (Å²) in [5.74, 6) is 0.0617. The van der Waals surface area contributed by atoms with Crippen molar-refractivity contribution in [3.05, 3.63) is 70.8 Å². The number of rotatable bonds is 6. The van der Waals surface area contributed by atoms with Crippen LogP contribution in [0.3, 0.4) is 0 Å². The Hall–Kier alpha value is -2.13. The van der Waals surface area contributed by atoms with Gasteiger partial charge in [0.2, 0.25) is 5.91 Å². The Morgan fingerprint density at radius 2 is 1.64 bits per heavy atom. The molecule has 0 saturated heterocycles. The van der Waals surface area contributed by atoms with Gasteiger partial charge in [0.25, 0.3) is 0 Å². The van der Waals surface area contributed by atoms with E-state index < -0.39 is 0 Å². The number of carbonyl (C=O) groups is 1. The van der Waals surface area contributed by atoms with Gasteiger partial charge < -0.3 is 10.2 Å². The first-order chi connectivity index (χ1) is 10.5. The van der Waals surface area contributed by atoms with Crippen molar-refractivity contribution in [1.82, 2.24) is 10.2 Å². The Kier molecular flexibility index (Phi) is 5.73. The van der Waals surface area contributed by atoms with Crippen LogP contribution in [0.1, 0.15) is 22.3 Å². The van der Waals surface area contributed by atoms with Gasteiger partial charge in [-0.05, 0) is 43.3 Å². The highest BCUT2D eigenvalue weighted by atomic mass is 16.1. The van der Waals surface area contributed by atoms with Crippen LogP contribution in [-0.4, -0.2) is 24.9 Å². The van der Waals surface area contributed by atoms with Crippen molar-refractivity contribution in [2.75, 3.05) is 14.1 Å². The largest absolute Gasteiger partial charge is 0.352 e. The normalized spacial score (nSPS) is 10.7. The molecule has 2 aromatic rings. The molecule has 0 saturated carbocycles. The van der Waals surface area contributed by atoms with Crippen molar-refractivity contribution in [3.63, 3.8) is 0 Å². The maximum absolute atomic E-state index is 12.0. The maximum atomic E-state index is 12.0. The number of aryl methyl sites for hydroxylation is 1. The third kappa shape index (κ3) is 5.01. The molecule has 2 aromatic carbocycles. The van der Waals surface area contributed by atoms with Crippen LogP contribution < -0.4 is 5.32 Å². The van der Waals surface area contributed by atoms with Crippen LogP contribution in [0.5, 0.6) is 0 Å². The van der Waals surface area contributed by atoms with Gasteiger partial charge in [0.05, 0.1) is 6.42 Å². The number of hydrogen-bond donors (Lipinski definition) is 1. The van der Waals surface area contributed by atoms with Crippen LogP contribution >= 0.6 is 0 Å². The first-order valence-electron chi connectivity index (χ1n) is 7.58. The number of carbonyl (C=O) groups excluding carboxylic acids is 1. The average molecular weight is 296 g/mol. The molecule has 0 aromatic heterocycles. The lowest BCUT2D eigenvalue weighted by Gasteiger charge is -2.11. The Morgan fingerprint density at radius 1 is 1.00 bits per heavy atom. The molecule has 0 radical (unpaired) electrons. The highest BCUT2D eigenvalue weighted by Gasteiger charge is 2.05. The molecule has 2 rings (SSSR count). The smallest absolute Gasteiger partial charge is 0.224 e. The third-order valence-electron chi connectivity index (χ3n) is 3.62. The summed E-state index contributed by atoms with van der Waals surface area (Å²) < 4.78 is 0. The molecule has 0 aliphatic heterocycles. The zero-order valence-electron chi connectivity index (χ0n) is 13.6. The fourth-order valence-corrected chi connectivity index (χ4v) is 2.37. The van der Waals surface area contributed by atoms with E-state index in [0.717, 1.165) is 23.2 Å². The summed E-state index contributed by atoms with van der Waals surface area (Å²) in [6.07, 6.45) is 0.436. The van der Waals surface area contributed by atoms with Crippen molar-refractivity contribution < 1.29 is 4.79 Å². The summed E-state index contributed by atoms with van der Waals surface area (Å²) in [7, 11) is 4.11. The fourth-order valence-electron chi connectivity index (χ4n) is 2.37. The van der Waals surface area contributed by atoms with E-state index >= 15 is 0 Å². The summed E-state index contributed by atoms with van der Waals surface area (Å²) in [6, 6.07) is 16.4. The number of benzene rings is 2. The van der Waals surface area contributed by atoms with Gasteiger partial charge in [0, 0.05) is 13.1 Å². The molecule has 116 valence electrons. The lowest BCUT2D eigenvalue weighted by molar-refractivity contribution is -0.120. The minimum atomic E-state index is 0.0617. The van der Waals surface area contributed by atoms with E-state index in [1.165, 1.54) is 5.56 Å². The van der Waals surface area contributed by atoms with Gasteiger partial charge in [0.1, 0.15) is 0 Å². The molecule has 0 bridgehead atoms. The van der Waals surface area contributed by atoms with Crippen LogP contribution in [0.15, 0.2) is 48.5 Å². The lowest BCUT2D eigenvalue weighted by atomic mass is 10.1. The van der Waals surface area contributed by atoms with E-state index in [1.54, 1.807) is 0 Å². The monoisotopic (exact) mass is 296 g/mol. The minimum Gasteiger partial charge on any atom is -0.352 e. The van der Waals surface area contributed by atoms with Gasteiger partial charge in [-0.2, -0.15) is 0 Å². The Labute approximate surface area is 133 Å². The van der Waals surface area contributed by atoms with E-state index in [9.17, 15) is 4.79 Å². The Morgan fingerprint density at radius 3 is 2.27 bits per heavy atom. The van der Waals surface area contributed by atoms with Crippen LogP contribution in [-0.2, 0) is 24.3 Å². The molecule has 0 fully saturated rings. The SMILES string of the molecule is Cc1ccccc1CC(=O)NCc1ccc(CN(C)C)cc1. The summed E-state index contributed by atoms with van der Waals surface area (Å²) in [4.78, 5) is 14.2. The van der Waals surface area contributed by atoms with Gasteiger partial charge in [-0.3, -0.25) is 4.79 Å². The van der Waals surface area contributed by atoms with Crippen LogP contribution in [0.25, 0.3) is 0 Å². The third-order valence-corrected chi connectivity index (χ3v) is 3.62. The summed E-state index contributed by atoms with van der Waals surface area (Å²) >= 11 is 0. The van der Waals surface area contributed by atoms with Crippen molar-refractivity contribution in [3.8, 4) is 0 Å². The lowest BCUT2D eigenvalue weighted by Crippen LogP contribution is -2.24. The molecular formula is C19H24N2O. The van der Waals surface area contributed by atoms with Gasteiger partial charge in [-0.1, -0.05) is 48.5 Å².